The van der Waals surface area contributed by atoms with Gasteiger partial charge in [-0.2, -0.15) is 0 Å². The largest absolute Gasteiger partial charge is 0.494 e. The van der Waals surface area contributed by atoms with E-state index in [2.05, 4.69) is 41.3 Å². The maximum absolute atomic E-state index is 13.0. The quantitative estimate of drug-likeness (QED) is 0.171. The molecule has 3 fully saturated rings. The summed E-state index contributed by atoms with van der Waals surface area (Å²) < 4.78 is 6.01. The first-order valence-corrected chi connectivity index (χ1v) is 15.3. The second-order valence-electron chi connectivity index (χ2n) is 12.1. The molecular formula is C31H48N6O4. The second-order valence-corrected chi connectivity index (χ2v) is 12.1. The Balaban J connectivity index is 1.12. The highest BCUT2D eigenvalue weighted by Gasteiger charge is 2.34. The van der Waals surface area contributed by atoms with Gasteiger partial charge in [0.1, 0.15) is 5.75 Å². The lowest BCUT2D eigenvalue weighted by atomic mass is 9.93. The van der Waals surface area contributed by atoms with Crippen molar-refractivity contribution in [3.8, 4) is 5.75 Å². The zero-order valence-electron chi connectivity index (χ0n) is 25.1. The maximum Gasteiger partial charge on any atom is 0.251 e. The van der Waals surface area contributed by atoms with Crippen LogP contribution in [0, 0.1) is 18.8 Å². The predicted octanol–water partition coefficient (Wildman–Crippen LogP) is 3.94. The fourth-order valence-corrected chi connectivity index (χ4v) is 5.88. The van der Waals surface area contributed by atoms with Crippen molar-refractivity contribution in [3.63, 3.8) is 0 Å². The Morgan fingerprint density at radius 1 is 1.17 bits per heavy atom. The van der Waals surface area contributed by atoms with Gasteiger partial charge in [-0.1, -0.05) is 13.8 Å². The summed E-state index contributed by atoms with van der Waals surface area (Å²) in [5, 5.41) is 12.5. The maximum atomic E-state index is 13.0. The number of piperidine rings is 1. The minimum atomic E-state index is -0.201. The Hall–Kier alpha value is -2.98. The number of hydrogen-bond acceptors (Lipinski definition) is 7. The molecule has 3 aliphatic rings. The van der Waals surface area contributed by atoms with Gasteiger partial charge in [0, 0.05) is 50.7 Å². The summed E-state index contributed by atoms with van der Waals surface area (Å²) in [7, 11) is 0. The van der Waals surface area contributed by atoms with Crippen LogP contribution in [0.3, 0.4) is 0 Å². The molecule has 0 saturated carbocycles. The number of aryl methyl sites for hydroxylation is 1. The van der Waals surface area contributed by atoms with Crippen molar-refractivity contribution in [1.29, 1.82) is 0 Å². The van der Waals surface area contributed by atoms with E-state index in [0.717, 1.165) is 82.4 Å². The van der Waals surface area contributed by atoms with Crippen LogP contribution >= 0.6 is 0 Å². The van der Waals surface area contributed by atoms with Gasteiger partial charge in [-0.05, 0) is 99.3 Å². The molecule has 2 atom stereocenters. The van der Waals surface area contributed by atoms with Gasteiger partial charge in [0.15, 0.2) is 5.84 Å². The van der Waals surface area contributed by atoms with Crippen LogP contribution in [-0.4, -0.2) is 85.7 Å². The van der Waals surface area contributed by atoms with Crippen LogP contribution < -0.4 is 15.4 Å². The molecule has 41 heavy (non-hydrogen) atoms. The van der Waals surface area contributed by atoms with Gasteiger partial charge in [-0.15, -0.1) is 5.06 Å². The van der Waals surface area contributed by atoms with Crippen molar-refractivity contribution in [2.75, 3.05) is 39.3 Å². The first-order chi connectivity index (χ1) is 19.8. The van der Waals surface area contributed by atoms with E-state index >= 15 is 0 Å². The van der Waals surface area contributed by atoms with Crippen molar-refractivity contribution < 1.29 is 19.3 Å². The smallest absolute Gasteiger partial charge is 0.251 e. The Labute approximate surface area is 244 Å². The predicted molar refractivity (Wildman–Crippen MR) is 161 cm³/mol. The van der Waals surface area contributed by atoms with Crippen molar-refractivity contribution in [1.82, 2.24) is 20.6 Å². The number of ether oxygens (including phenoxy) is 1. The van der Waals surface area contributed by atoms with Gasteiger partial charge >= 0.3 is 0 Å². The molecule has 3 saturated heterocycles. The molecule has 0 spiro atoms. The van der Waals surface area contributed by atoms with Crippen LogP contribution in [0.15, 0.2) is 28.3 Å². The van der Waals surface area contributed by atoms with Gasteiger partial charge < -0.3 is 20.3 Å². The average Bonchev–Trinajstić information content (AvgIpc) is 3.66. The van der Waals surface area contributed by atoms with E-state index in [9.17, 15) is 9.59 Å². The van der Waals surface area contributed by atoms with Crippen LogP contribution in [0.1, 0.15) is 81.1 Å². The Morgan fingerprint density at radius 2 is 1.93 bits per heavy atom. The third-order valence-corrected chi connectivity index (χ3v) is 8.26. The first kappa shape index (κ1) is 31.0. The van der Waals surface area contributed by atoms with Crippen LogP contribution in [0.5, 0.6) is 5.75 Å². The van der Waals surface area contributed by atoms with Gasteiger partial charge in [-0.3, -0.25) is 14.5 Å². The molecule has 0 radical (unpaired) electrons. The molecule has 10 heteroatoms. The number of nitrogens with zero attached hydrogens (tertiary/aromatic N) is 4. The minimum absolute atomic E-state index is 0.0490. The zero-order chi connectivity index (χ0) is 29.2. The molecule has 1 aromatic carbocycles. The van der Waals surface area contributed by atoms with E-state index < -0.39 is 0 Å². The van der Waals surface area contributed by atoms with E-state index in [1.54, 1.807) is 0 Å². The number of carbonyl (C=O) groups excluding carboxylic acids is 2. The topological polar surface area (TPSA) is 108 Å². The van der Waals surface area contributed by atoms with Gasteiger partial charge in [0.2, 0.25) is 5.91 Å². The fraction of sp³-hybridized carbons (Fsp3) is 0.677. The number of hydrogen-bond donors (Lipinski definition) is 2. The average molecular weight is 569 g/mol. The molecule has 3 aliphatic heterocycles. The molecule has 226 valence electrons. The Kier molecular flexibility index (Phi) is 11.6. The van der Waals surface area contributed by atoms with Crippen molar-refractivity contribution in [2.45, 2.75) is 84.2 Å². The van der Waals surface area contributed by atoms with E-state index in [1.807, 2.05) is 35.1 Å². The lowest BCUT2D eigenvalue weighted by Gasteiger charge is -2.29. The molecule has 0 bridgehead atoms. The number of nitrogens with one attached hydrogen (secondary N) is 2. The summed E-state index contributed by atoms with van der Waals surface area (Å²) in [5.74, 6) is 2.61. The molecule has 2 unspecified atom stereocenters. The highest BCUT2D eigenvalue weighted by molar-refractivity contribution is 5.96. The summed E-state index contributed by atoms with van der Waals surface area (Å²) in [6.07, 6.45) is 7.79. The number of amidine groups is 1. The molecule has 2 amide bonds. The highest BCUT2D eigenvalue weighted by atomic mass is 16.8. The van der Waals surface area contributed by atoms with Gasteiger partial charge in [0.05, 0.1) is 12.6 Å². The standard InChI is InChI=1S/C31H48N6O4/c1-22(2)18-29(32-4)35-41-37-15-11-24(12-16-37)8-7-17-40-26-9-10-27(23(3)19-26)30(38)34-25-20-28(33-21-25)31(39)36-13-5-6-14-36/h9-10,19,22,24-25,28,33H,4-8,11-18,20-21H2,1-3H3,(H,34,38)/b35-29-. The van der Waals surface area contributed by atoms with E-state index in [1.165, 1.54) is 0 Å². The fourth-order valence-electron chi connectivity index (χ4n) is 5.88. The van der Waals surface area contributed by atoms with Crippen LogP contribution in [-0.2, 0) is 9.73 Å². The summed E-state index contributed by atoms with van der Waals surface area (Å²) in [6.45, 7) is 14.4. The molecule has 0 aromatic heterocycles. The molecule has 4 rings (SSSR count). The van der Waals surface area contributed by atoms with Gasteiger partial charge in [-0.25, -0.2) is 4.99 Å². The third-order valence-electron chi connectivity index (χ3n) is 8.26. The Bertz CT molecular complexity index is 1060. The van der Waals surface area contributed by atoms with Crippen molar-refractivity contribution >= 4 is 24.4 Å². The number of carbonyl (C=O) groups is 2. The number of rotatable bonds is 12. The van der Waals surface area contributed by atoms with Gasteiger partial charge in [0.25, 0.3) is 5.91 Å². The summed E-state index contributed by atoms with van der Waals surface area (Å²) in [6, 6.07) is 5.39. The molecule has 3 heterocycles. The van der Waals surface area contributed by atoms with E-state index in [0.29, 0.717) is 42.8 Å². The second kappa shape index (κ2) is 15.3. The molecular weight excluding hydrogens is 520 g/mol. The van der Waals surface area contributed by atoms with Crippen LogP contribution in [0.25, 0.3) is 0 Å². The number of hydroxylamine groups is 2. The highest BCUT2D eigenvalue weighted by Crippen LogP contribution is 2.24. The van der Waals surface area contributed by atoms with Crippen LogP contribution in [0.4, 0.5) is 0 Å². The lowest BCUT2D eigenvalue weighted by Crippen LogP contribution is -2.42. The number of oxime groups is 1. The molecule has 1 aromatic rings. The van der Waals surface area contributed by atoms with E-state index in [4.69, 9.17) is 9.68 Å². The molecule has 10 nitrogen and oxygen atoms in total. The number of benzene rings is 1. The lowest BCUT2D eigenvalue weighted by molar-refractivity contribution is -0.174. The normalized spacial score (nSPS) is 22.2. The summed E-state index contributed by atoms with van der Waals surface area (Å²) in [4.78, 5) is 37.1. The Morgan fingerprint density at radius 3 is 2.61 bits per heavy atom. The number of likely N-dealkylation sites (tertiary alicyclic amines) is 1. The number of amides is 2. The van der Waals surface area contributed by atoms with Crippen molar-refractivity contribution in [3.05, 3.63) is 29.3 Å². The third kappa shape index (κ3) is 9.26. The molecule has 0 aliphatic carbocycles. The SMILES string of the molecule is C=N/C(CC(C)C)=N\ON1CCC(CCCOc2ccc(C(=O)NC3CNC(C(=O)N4CCCC4)C3)c(C)c2)CC1. The van der Waals surface area contributed by atoms with E-state index in [-0.39, 0.29) is 23.9 Å². The monoisotopic (exact) mass is 568 g/mol. The zero-order valence-corrected chi connectivity index (χ0v) is 25.1. The van der Waals surface area contributed by atoms with Crippen molar-refractivity contribution in [2.24, 2.45) is 22.0 Å². The first-order valence-electron chi connectivity index (χ1n) is 15.3. The summed E-state index contributed by atoms with van der Waals surface area (Å²) in [5.41, 5.74) is 1.53. The molecule has 2 N–H and O–H groups in total. The number of aliphatic imine (C=N–C) groups is 1. The van der Waals surface area contributed by atoms with Crippen LogP contribution in [0.2, 0.25) is 0 Å². The summed E-state index contributed by atoms with van der Waals surface area (Å²) >= 11 is 0. The minimum Gasteiger partial charge on any atom is -0.494 e.